The number of carbonyl (C=O) groups excluding carboxylic acids is 1. The molecule has 178 valence electrons. The topological polar surface area (TPSA) is 51.2 Å². The van der Waals surface area contributed by atoms with E-state index in [1.54, 1.807) is 0 Å². The second-order valence-electron chi connectivity index (χ2n) is 8.73. The fraction of sp³-hybridized carbons (Fsp3) is 0.652. The molecule has 2 atom stereocenters. The van der Waals surface area contributed by atoms with Crippen molar-refractivity contribution >= 4 is 35.8 Å². The van der Waals surface area contributed by atoms with Gasteiger partial charge in [-0.1, -0.05) is 6.07 Å². The predicted octanol–water partition coefficient (Wildman–Crippen LogP) is 3.03. The molecule has 1 aromatic carbocycles. The molecule has 4 rings (SSSR count). The maximum absolute atomic E-state index is 14.1. The molecule has 0 spiro atoms. The lowest BCUT2D eigenvalue weighted by atomic mass is 10.1. The van der Waals surface area contributed by atoms with Crippen LogP contribution >= 0.6 is 24.0 Å². The first-order valence-electron chi connectivity index (χ1n) is 11.6. The lowest BCUT2D eigenvalue weighted by molar-refractivity contribution is -0.133. The number of rotatable bonds is 5. The van der Waals surface area contributed by atoms with Crippen LogP contribution in [0.25, 0.3) is 0 Å². The summed E-state index contributed by atoms with van der Waals surface area (Å²) in [6.45, 7) is 8.06. The summed E-state index contributed by atoms with van der Waals surface area (Å²) in [7, 11) is 0. The summed E-state index contributed by atoms with van der Waals surface area (Å²) in [5.74, 6) is -0.0764. The van der Waals surface area contributed by atoms with E-state index in [4.69, 9.17) is 0 Å². The molecule has 3 aliphatic rings. The number of piperidine rings is 1. The predicted molar refractivity (Wildman–Crippen MR) is 132 cm³/mol. The molecule has 2 saturated heterocycles. The van der Waals surface area contributed by atoms with Crippen LogP contribution in [0.4, 0.5) is 8.78 Å². The van der Waals surface area contributed by atoms with Crippen LogP contribution in [-0.2, 0) is 4.79 Å². The number of likely N-dealkylation sites (tertiary alicyclic amines) is 1. The van der Waals surface area contributed by atoms with E-state index in [0.717, 1.165) is 58.1 Å². The van der Waals surface area contributed by atoms with Crippen molar-refractivity contribution in [2.45, 2.75) is 44.6 Å². The maximum Gasteiger partial charge on any atom is 0.236 e. The third kappa shape index (κ3) is 6.09. The highest BCUT2D eigenvalue weighted by Crippen LogP contribution is 2.43. The summed E-state index contributed by atoms with van der Waals surface area (Å²) in [5, 5.41) is 3.42. The molecule has 0 radical (unpaired) electrons. The normalized spacial score (nSPS) is 24.2. The number of amides is 1. The van der Waals surface area contributed by atoms with Gasteiger partial charge < -0.3 is 15.1 Å². The molecule has 2 heterocycles. The molecular formula is C23H34F2IN5O. The molecule has 1 aliphatic carbocycles. The van der Waals surface area contributed by atoms with E-state index in [9.17, 15) is 13.6 Å². The summed E-state index contributed by atoms with van der Waals surface area (Å²) >= 11 is 0. The van der Waals surface area contributed by atoms with Crippen molar-refractivity contribution < 1.29 is 13.6 Å². The highest BCUT2D eigenvalue weighted by Gasteiger charge is 2.43. The smallest absolute Gasteiger partial charge is 0.236 e. The Morgan fingerprint density at radius 2 is 1.69 bits per heavy atom. The molecule has 2 unspecified atom stereocenters. The van der Waals surface area contributed by atoms with Crippen molar-refractivity contribution in [2.24, 2.45) is 4.99 Å². The van der Waals surface area contributed by atoms with Crippen LogP contribution in [0.5, 0.6) is 0 Å². The summed E-state index contributed by atoms with van der Waals surface area (Å²) in [5.41, 5.74) is 0.178. The molecule has 1 saturated carbocycles. The van der Waals surface area contributed by atoms with Gasteiger partial charge in [-0.2, -0.15) is 0 Å². The van der Waals surface area contributed by atoms with E-state index < -0.39 is 11.6 Å². The Kier molecular flexibility index (Phi) is 9.10. The number of nitrogens with zero attached hydrogens (tertiary/aromatic N) is 4. The van der Waals surface area contributed by atoms with E-state index >= 15 is 0 Å². The summed E-state index contributed by atoms with van der Waals surface area (Å²) in [4.78, 5) is 23.6. The Hall–Kier alpha value is -1.49. The second kappa shape index (κ2) is 11.6. The molecule has 0 bridgehead atoms. The van der Waals surface area contributed by atoms with Gasteiger partial charge in [0.1, 0.15) is 11.6 Å². The number of carbonyl (C=O) groups is 1. The minimum Gasteiger partial charge on any atom is -0.353 e. The second-order valence-corrected chi connectivity index (χ2v) is 8.73. The Morgan fingerprint density at radius 1 is 1.03 bits per heavy atom. The number of hydrogen-bond acceptors (Lipinski definition) is 3. The third-order valence-electron chi connectivity index (χ3n) is 6.52. The SMILES string of the molecule is CCN=C(NC1CC1c1c(F)cccc1F)N1CCN(CC(=O)N2CCCCC2)CC1.I. The number of nitrogens with one attached hydrogen (secondary N) is 1. The number of halogens is 3. The molecule has 1 amide bonds. The molecule has 1 N–H and O–H groups in total. The van der Waals surface area contributed by atoms with E-state index in [0.29, 0.717) is 19.5 Å². The van der Waals surface area contributed by atoms with Gasteiger partial charge in [-0.05, 0) is 44.7 Å². The lowest BCUT2D eigenvalue weighted by Gasteiger charge is -2.37. The zero-order chi connectivity index (χ0) is 21.8. The van der Waals surface area contributed by atoms with Gasteiger partial charge in [0.05, 0.1) is 6.54 Å². The lowest BCUT2D eigenvalue weighted by Crippen LogP contribution is -2.55. The van der Waals surface area contributed by atoms with Crippen molar-refractivity contribution in [3.63, 3.8) is 0 Å². The van der Waals surface area contributed by atoms with Gasteiger partial charge in [0, 0.05) is 63.3 Å². The Balaban J connectivity index is 0.00000289. The van der Waals surface area contributed by atoms with Crippen molar-refractivity contribution in [1.82, 2.24) is 20.0 Å². The molecular weight excluding hydrogens is 527 g/mol. The van der Waals surface area contributed by atoms with Crippen molar-refractivity contribution in [1.29, 1.82) is 0 Å². The van der Waals surface area contributed by atoms with Gasteiger partial charge in [0.2, 0.25) is 5.91 Å². The van der Waals surface area contributed by atoms with Gasteiger partial charge in [-0.3, -0.25) is 14.7 Å². The van der Waals surface area contributed by atoms with Crippen LogP contribution < -0.4 is 5.32 Å². The molecule has 6 nitrogen and oxygen atoms in total. The number of guanidine groups is 1. The average Bonchev–Trinajstić information content (AvgIpc) is 3.53. The molecule has 2 aliphatic heterocycles. The molecule has 0 aromatic heterocycles. The number of piperazine rings is 1. The maximum atomic E-state index is 14.1. The van der Waals surface area contributed by atoms with Crippen LogP contribution in [-0.4, -0.2) is 85.0 Å². The highest BCUT2D eigenvalue weighted by atomic mass is 127. The Morgan fingerprint density at radius 3 is 2.31 bits per heavy atom. The highest BCUT2D eigenvalue weighted by molar-refractivity contribution is 14.0. The third-order valence-corrected chi connectivity index (χ3v) is 6.52. The van der Waals surface area contributed by atoms with E-state index in [-0.39, 0.29) is 47.4 Å². The number of aliphatic imine (C=N–C) groups is 1. The number of benzene rings is 1. The zero-order valence-corrected chi connectivity index (χ0v) is 21.1. The number of hydrogen-bond donors (Lipinski definition) is 1. The minimum atomic E-state index is -0.477. The minimum absolute atomic E-state index is 0. The molecule has 9 heteroatoms. The quantitative estimate of drug-likeness (QED) is 0.342. The van der Waals surface area contributed by atoms with Crippen molar-refractivity contribution in [3.05, 3.63) is 35.4 Å². The monoisotopic (exact) mass is 561 g/mol. The summed E-state index contributed by atoms with van der Waals surface area (Å²) in [6, 6.07) is 4.03. The van der Waals surface area contributed by atoms with Crippen LogP contribution in [0.1, 0.15) is 44.1 Å². The first kappa shape index (κ1) is 25.1. The van der Waals surface area contributed by atoms with Gasteiger partial charge in [0.25, 0.3) is 0 Å². The zero-order valence-electron chi connectivity index (χ0n) is 18.7. The Bertz CT molecular complexity index is 789. The molecule has 3 fully saturated rings. The van der Waals surface area contributed by atoms with E-state index in [2.05, 4.69) is 20.1 Å². The Labute approximate surface area is 206 Å². The largest absolute Gasteiger partial charge is 0.353 e. The van der Waals surface area contributed by atoms with Crippen LogP contribution in [0.15, 0.2) is 23.2 Å². The van der Waals surface area contributed by atoms with Crippen LogP contribution in [0.3, 0.4) is 0 Å². The summed E-state index contributed by atoms with van der Waals surface area (Å²) < 4.78 is 28.2. The summed E-state index contributed by atoms with van der Waals surface area (Å²) in [6.07, 6.45) is 4.15. The van der Waals surface area contributed by atoms with E-state index in [1.807, 2.05) is 11.8 Å². The van der Waals surface area contributed by atoms with Crippen molar-refractivity contribution in [2.75, 3.05) is 52.4 Å². The standard InChI is InChI=1S/C23H33F2N5O.HI/c1-2-26-23(27-20-15-17(20)22-18(24)7-6-8-19(22)25)30-13-11-28(12-14-30)16-21(31)29-9-4-3-5-10-29;/h6-8,17,20H,2-5,9-16H2,1H3,(H,26,27);1H. The van der Waals surface area contributed by atoms with Gasteiger partial charge in [-0.15, -0.1) is 24.0 Å². The average molecular weight is 561 g/mol. The molecule has 1 aromatic rings. The van der Waals surface area contributed by atoms with Crippen molar-refractivity contribution in [3.8, 4) is 0 Å². The van der Waals surface area contributed by atoms with Gasteiger partial charge in [-0.25, -0.2) is 8.78 Å². The van der Waals surface area contributed by atoms with Crippen LogP contribution in [0.2, 0.25) is 0 Å². The first-order valence-corrected chi connectivity index (χ1v) is 11.6. The fourth-order valence-corrected chi connectivity index (χ4v) is 4.64. The fourth-order valence-electron chi connectivity index (χ4n) is 4.64. The van der Waals surface area contributed by atoms with Gasteiger partial charge >= 0.3 is 0 Å². The van der Waals surface area contributed by atoms with E-state index in [1.165, 1.54) is 24.6 Å². The van der Waals surface area contributed by atoms with Crippen LogP contribution in [0, 0.1) is 11.6 Å². The van der Waals surface area contributed by atoms with Gasteiger partial charge in [0.15, 0.2) is 5.96 Å². The first-order chi connectivity index (χ1) is 15.1. The molecule has 32 heavy (non-hydrogen) atoms.